The van der Waals surface area contributed by atoms with E-state index in [0.29, 0.717) is 42.1 Å². The molecular weight excluding hydrogens is 328 g/mol. The fourth-order valence-electron chi connectivity index (χ4n) is 1.88. The van der Waals surface area contributed by atoms with Crippen LogP contribution in [0.4, 0.5) is 0 Å². The number of likely N-dealkylation sites (N-methyl/N-ethyl adjacent to an activating group) is 1. The average molecular weight is 353 g/mol. The minimum atomic E-state index is -3.41. The summed E-state index contributed by atoms with van der Waals surface area (Å²) in [6, 6.07) is 3.56. The normalized spacial score (nSPS) is 12.8. The molecule has 0 aliphatic heterocycles. The monoisotopic (exact) mass is 352 g/mol. The average Bonchev–Trinajstić information content (AvgIpc) is 2.83. The van der Waals surface area contributed by atoms with Gasteiger partial charge in [-0.2, -0.15) is 4.31 Å². The molecule has 0 radical (unpaired) electrons. The van der Waals surface area contributed by atoms with Gasteiger partial charge in [-0.05, 0) is 38.6 Å². The Hall–Kier alpha value is -0.140. The molecule has 1 aromatic heterocycles. The van der Waals surface area contributed by atoms with Crippen molar-refractivity contribution < 1.29 is 8.42 Å². The van der Waals surface area contributed by atoms with Crippen molar-refractivity contribution in [3.05, 3.63) is 17.0 Å². The largest absolute Gasteiger partial charge is 0.308 e. The maximum absolute atomic E-state index is 12.8. The van der Waals surface area contributed by atoms with Crippen molar-refractivity contribution in [3.63, 3.8) is 0 Å². The van der Waals surface area contributed by atoms with Crippen LogP contribution in [0.15, 0.2) is 16.3 Å². The number of hydrogen-bond acceptors (Lipinski definition) is 4. The molecule has 0 aliphatic rings. The molecule has 0 atom stereocenters. The summed E-state index contributed by atoms with van der Waals surface area (Å²) in [5, 5.41) is 0. The van der Waals surface area contributed by atoms with Gasteiger partial charge in [0.1, 0.15) is 4.21 Å². The van der Waals surface area contributed by atoms with E-state index in [0.717, 1.165) is 4.88 Å². The second-order valence-corrected chi connectivity index (χ2v) is 9.43. The number of sulfonamides is 1. The fraction of sp³-hybridized carbons (Fsp3) is 0.714. The maximum Gasteiger partial charge on any atom is 0.252 e. The molecule has 0 aromatic carbocycles. The van der Waals surface area contributed by atoms with E-state index in [1.165, 1.54) is 11.3 Å². The lowest BCUT2D eigenvalue weighted by Gasteiger charge is -2.24. The number of halogens is 1. The standard InChI is InChI=1S/C14H25ClN2O2S2/c1-12(2)11-17(10-9-16(3)4)21(18,19)14-6-5-13(20-14)7-8-15/h5-6,12H,7-11H2,1-4H3. The second-order valence-electron chi connectivity index (χ2n) is 5.72. The molecule has 1 rings (SSSR count). The molecule has 0 spiro atoms. The van der Waals surface area contributed by atoms with Crippen LogP contribution in [0.3, 0.4) is 0 Å². The third-order valence-electron chi connectivity index (χ3n) is 2.94. The summed E-state index contributed by atoms with van der Waals surface area (Å²) < 4.78 is 27.6. The summed E-state index contributed by atoms with van der Waals surface area (Å²) in [6.45, 7) is 5.83. The first-order valence-corrected chi connectivity index (χ1v) is 9.86. The second kappa shape index (κ2) is 8.48. The third kappa shape index (κ3) is 5.87. The number of hydrogen-bond donors (Lipinski definition) is 0. The Labute approximate surface area is 137 Å². The first-order valence-electron chi connectivity index (χ1n) is 7.07. The fourth-order valence-corrected chi connectivity index (χ4v) is 5.30. The molecule has 0 saturated carbocycles. The van der Waals surface area contributed by atoms with Crippen molar-refractivity contribution in [3.8, 4) is 0 Å². The molecule has 4 nitrogen and oxygen atoms in total. The summed E-state index contributed by atoms with van der Waals surface area (Å²) in [6.07, 6.45) is 0.712. The van der Waals surface area contributed by atoms with Gasteiger partial charge in [-0.15, -0.1) is 22.9 Å². The smallest absolute Gasteiger partial charge is 0.252 e. The molecule has 0 unspecified atom stereocenters. The minimum absolute atomic E-state index is 0.296. The minimum Gasteiger partial charge on any atom is -0.308 e. The van der Waals surface area contributed by atoms with Crippen LogP contribution in [0.25, 0.3) is 0 Å². The number of thiophene rings is 1. The molecular formula is C14H25ClN2O2S2. The zero-order chi connectivity index (χ0) is 16.0. The molecule has 21 heavy (non-hydrogen) atoms. The molecule has 0 fully saturated rings. The molecule has 0 amide bonds. The lowest BCUT2D eigenvalue weighted by atomic mass is 10.2. The van der Waals surface area contributed by atoms with Crippen molar-refractivity contribution in [1.29, 1.82) is 0 Å². The third-order valence-corrected chi connectivity index (χ3v) is 6.60. The molecule has 1 heterocycles. The van der Waals surface area contributed by atoms with E-state index >= 15 is 0 Å². The lowest BCUT2D eigenvalue weighted by molar-refractivity contribution is 0.313. The highest BCUT2D eigenvalue weighted by Gasteiger charge is 2.26. The Balaban J connectivity index is 2.95. The highest BCUT2D eigenvalue weighted by Crippen LogP contribution is 2.26. The summed E-state index contributed by atoms with van der Waals surface area (Å²) in [5.41, 5.74) is 0. The zero-order valence-electron chi connectivity index (χ0n) is 13.2. The summed E-state index contributed by atoms with van der Waals surface area (Å²) >= 11 is 7.04. The summed E-state index contributed by atoms with van der Waals surface area (Å²) in [4.78, 5) is 3.01. The maximum atomic E-state index is 12.8. The molecule has 122 valence electrons. The van der Waals surface area contributed by atoms with Crippen molar-refractivity contribution in [2.45, 2.75) is 24.5 Å². The van der Waals surface area contributed by atoms with E-state index in [-0.39, 0.29) is 0 Å². The molecule has 0 N–H and O–H groups in total. The van der Waals surface area contributed by atoms with Gasteiger partial charge in [-0.25, -0.2) is 8.42 Å². The molecule has 0 bridgehead atoms. The van der Waals surface area contributed by atoms with Gasteiger partial charge in [0.15, 0.2) is 0 Å². The Morgan fingerprint density at radius 3 is 2.43 bits per heavy atom. The topological polar surface area (TPSA) is 40.6 Å². The summed E-state index contributed by atoms with van der Waals surface area (Å²) in [5.74, 6) is 0.806. The van der Waals surface area contributed by atoms with E-state index in [4.69, 9.17) is 11.6 Å². The van der Waals surface area contributed by atoms with Crippen LogP contribution >= 0.6 is 22.9 Å². The van der Waals surface area contributed by atoms with Crippen LogP contribution in [-0.2, 0) is 16.4 Å². The molecule has 0 aliphatic carbocycles. The molecule has 0 saturated heterocycles. The van der Waals surface area contributed by atoms with Gasteiger partial charge in [-0.3, -0.25) is 0 Å². The van der Waals surface area contributed by atoms with Crippen molar-refractivity contribution >= 4 is 33.0 Å². The number of aryl methyl sites for hydroxylation is 1. The van der Waals surface area contributed by atoms with Crippen molar-refractivity contribution in [1.82, 2.24) is 9.21 Å². The summed E-state index contributed by atoms with van der Waals surface area (Å²) in [7, 11) is 0.489. The Morgan fingerprint density at radius 2 is 1.90 bits per heavy atom. The highest BCUT2D eigenvalue weighted by atomic mass is 35.5. The van der Waals surface area contributed by atoms with Gasteiger partial charge in [0.2, 0.25) is 0 Å². The predicted octanol–water partition coefficient (Wildman–Crippen LogP) is 2.74. The predicted molar refractivity (Wildman–Crippen MR) is 90.9 cm³/mol. The SMILES string of the molecule is CC(C)CN(CCN(C)C)S(=O)(=O)c1ccc(CCCl)s1. The zero-order valence-corrected chi connectivity index (χ0v) is 15.6. The highest BCUT2D eigenvalue weighted by molar-refractivity contribution is 7.91. The van der Waals surface area contributed by atoms with E-state index in [1.807, 2.05) is 38.9 Å². The van der Waals surface area contributed by atoms with Crippen LogP contribution < -0.4 is 0 Å². The number of rotatable bonds is 9. The van der Waals surface area contributed by atoms with Gasteiger partial charge in [-0.1, -0.05) is 13.8 Å². The number of nitrogens with zero attached hydrogens (tertiary/aromatic N) is 2. The van der Waals surface area contributed by atoms with Gasteiger partial charge >= 0.3 is 0 Å². The Kier molecular flexibility index (Phi) is 7.64. The van der Waals surface area contributed by atoms with E-state index < -0.39 is 10.0 Å². The molecule has 1 aromatic rings. The van der Waals surface area contributed by atoms with Gasteiger partial charge in [0, 0.05) is 30.4 Å². The van der Waals surface area contributed by atoms with E-state index in [2.05, 4.69) is 0 Å². The lowest BCUT2D eigenvalue weighted by Crippen LogP contribution is -2.38. The van der Waals surface area contributed by atoms with E-state index in [9.17, 15) is 8.42 Å². The van der Waals surface area contributed by atoms with Gasteiger partial charge in [0.25, 0.3) is 10.0 Å². The van der Waals surface area contributed by atoms with Crippen LogP contribution in [0.2, 0.25) is 0 Å². The van der Waals surface area contributed by atoms with Crippen LogP contribution in [-0.4, -0.2) is 57.2 Å². The Bertz CT molecular complexity index is 527. The van der Waals surface area contributed by atoms with Crippen molar-refractivity contribution in [2.75, 3.05) is 39.6 Å². The van der Waals surface area contributed by atoms with Crippen LogP contribution in [0.5, 0.6) is 0 Å². The van der Waals surface area contributed by atoms with Crippen molar-refractivity contribution in [2.24, 2.45) is 5.92 Å². The quantitative estimate of drug-likeness (QED) is 0.641. The van der Waals surface area contributed by atoms with E-state index in [1.54, 1.807) is 10.4 Å². The first-order chi connectivity index (χ1) is 9.77. The van der Waals surface area contributed by atoms with Crippen LogP contribution in [0.1, 0.15) is 18.7 Å². The van der Waals surface area contributed by atoms with Crippen LogP contribution in [0, 0.1) is 5.92 Å². The first kappa shape index (κ1) is 18.9. The molecule has 7 heteroatoms. The van der Waals surface area contributed by atoms with Gasteiger partial charge < -0.3 is 4.90 Å². The van der Waals surface area contributed by atoms with Gasteiger partial charge in [0.05, 0.1) is 0 Å². The Morgan fingerprint density at radius 1 is 1.24 bits per heavy atom. The number of alkyl halides is 1.